The van der Waals surface area contributed by atoms with Crippen LogP contribution >= 0.6 is 0 Å². The topological polar surface area (TPSA) is 97.3 Å². The monoisotopic (exact) mass is 358 g/mol. The number of H-pyrrole nitrogens is 1. The van der Waals surface area contributed by atoms with Gasteiger partial charge in [-0.15, -0.1) is 0 Å². The minimum Gasteiger partial charge on any atom is -0.372 e. The van der Waals surface area contributed by atoms with Gasteiger partial charge in [-0.2, -0.15) is 0 Å². The van der Waals surface area contributed by atoms with Crippen LogP contribution in [0.2, 0.25) is 0 Å². The largest absolute Gasteiger partial charge is 0.372 e. The molecule has 0 spiro atoms. The fraction of sp³-hybridized carbons (Fsp3) is 0.444. The molecule has 138 valence electrons. The normalized spacial score (nSPS) is 17.3. The molecule has 2 aromatic heterocycles. The van der Waals surface area contributed by atoms with Gasteiger partial charge in [0.2, 0.25) is 5.91 Å². The molecule has 0 bridgehead atoms. The molecule has 1 N–H and O–H groups in total. The van der Waals surface area contributed by atoms with E-state index >= 15 is 0 Å². The molecular formula is C18H22N4O4. The summed E-state index contributed by atoms with van der Waals surface area (Å²) in [6.45, 7) is 1.61. The predicted molar refractivity (Wildman–Crippen MR) is 94.6 cm³/mol. The molecule has 0 saturated carbocycles. The van der Waals surface area contributed by atoms with Gasteiger partial charge in [0.25, 0.3) is 5.56 Å². The molecule has 3 heterocycles. The highest BCUT2D eigenvalue weighted by atomic mass is 16.5. The fourth-order valence-corrected chi connectivity index (χ4v) is 3.01. The Morgan fingerprint density at radius 2 is 2.27 bits per heavy atom. The molecule has 0 unspecified atom stereocenters. The van der Waals surface area contributed by atoms with Crippen molar-refractivity contribution in [1.82, 2.24) is 19.4 Å². The number of carbonyl (C=O) groups is 1. The molecule has 3 rings (SSSR count). The Hall–Kier alpha value is -2.74. The highest BCUT2D eigenvalue weighted by Crippen LogP contribution is 2.16. The molecule has 26 heavy (non-hydrogen) atoms. The molecule has 1 fully saturated rings. The van der Waals surface area contributed by atoms with Gasteiger partial charge in [0.05, 0.1) is 19.1 Å². The standard InChI is InChI=1S/C18H22N4O4/c1-21-17(24)14(10-20-18(21)25)8-16(23)22-7-3-5-15(11-22)26-12-13-4-2-6-19-9-13/h2,4,6,9-10,15H,3,5,7-8,11-12H2,1H3,(H,20,25)/t15-/m0/s1. The first-order valence-corrected chi connectivity index (χ1v) is 8.60. The van der Waals surface area contributed by atoms with Crippen molar-refractivity contribution in [1.29, 1.82) is 0 Å². The minimum atomic E-state index is -0.493. The lowest BCUT2D eigenvalue weighted by Crippen LogP contribution is -2.45. The number of likely N-dealkylation sites (tertiary alicyclic amines) is 1. The summed E-state index contributed by atoms with van der Waals surface area (Å²) in [6.07, 6.45) is 6.48. The van der Waals surface area contributed by atoms with Crippen molar-refractivity contribution < 1.29 is 9.53 Å². The Labute approximate surface area is 150 Å². The second kappa shape index (κ2) is 8.09. The van der Waals surface area contributed by atoms with Gasteiger partial charge < -0.3 is 14.6 Å². The van der Waals surface area contributed by atoms with Crippen molar-refractivity contribution in [2.75, 3.05) is 13.1 Å². The van der Waals surface area contributed by atoms with Crippen LogP contribution in [0.3, 0.4) is 0 Å². The number of aromatic amines is 1. The molecule has 0 aliphatic carbocycles. The molecule has 8 heteroatoms. The summed E-state index contributed by atoms with van der Waals surface area (Å²) in [5.74, 6) is -0.135. The van der Waals surface area contributed by atoms with Gasteiger partial charge >= 0.3 is 5.69 Å². The lowest BCUT2D eigenvalue weighted by atomic mass is 10.1. The van der Waals surface area contributed by atoms with E-state index in [2.05, 4.69) is 9.97 Å². The SMILES string of the molecule is Cn1c(=O)[nH]cc(CC(=O)N2CCC[C@H](OCc3cccnc3)C2)c1=O. The van der Waals surface area contributed by atoms with Crippen molar-refractivity contribution in [2.24, 2.45) is 7.05 Å². The molecule has 2 aromatic rings. The zero-order chi connectivity index (χ0) is 18.5. The zero-order valence-electron chi connectivity index (χ0n) is 14.7. The summed E-state index contributed by atoms with van der Waals surface area (Å²) in [4.78, 5) is 44.3. The maximum atomic E-state index is 12.6. The first kappa shape index (κ1) is 18.1. The van der Waals surface area contributed by atoms with Crippen LogP contribution in [0, 0.1) is 0 Å². The maximum absolute atomic E-state index is 12.6. The van der Waals surface area contributed by atoms with Crippen LogP contribution in [0.25, 0.3) is 0 Å². The van der Waals surface area contributed by atoms with Crippen molar-refractivity contribution in [3.05, 3.63) is 62.7 Å². The lowest BCUT2D eigenvalue weighted by molar-refractivity contribution is -0.134. The number of amides is 1. The summed E-state index contributed by atoms with van der Waals surface area (Å²) >= 11 is 0. The van der Waals surface area contributed by atoms with E-state index < -0.39 is 11.2 Å². The predicted octanol–water partition coefficient (Wildman–Crippen LogP) is 0.219. The van der Waals surface area contributed by atoms with Crippen molar-refractivity contribution in [2.45, 2.75) is 32.0 Å². The highest BCUT2D eigenvalue weighted by Gasteiger charge is 2.25. The summed E-state index contributed by atoms with van der Waals surface area (Å²) in [5.41, 5.74) is 0.347. The van der Waals surface area contributed by atoms with E-state index in [0.29, 0.717) is 19.7 Å². The van der Waals surface area contributed by atoms with E-state index in [-0.39, 0.29) is 24.0 Å². The van der Waals surface area contributed by atoms with Gasteiger partial charge in [-0.05, 0) is 24.5 Å². The van der Waals surface area contributed by atoms with Gasteiger partial charge in [0.15, 0.2) is 0 Å². The van der Waals surface area contributed by atoms with Crippen LogP contribution in [0.15, 0.2) is 40.3 Å². The number of piperidine rings is 1. The van der Waals surface area contributed by atoms with E-state index in [1.54, 1.807) is 17.3 Å². The lowest BCUT2D eigenvalue weighted by Gasteiger charge is -2.32. The van der Waals surface area contributed by atoms with Gasteiger partial charge in [0, 0.05) is 44.3 Å². The molecule has 8 nitrogen and oxygen atoms in total. The van der Waals surface area contributed by atoms with Crippen LogP contribution < -0.4 is 11.2 Å². The van der Waals surface area contributed by atoms with E-state index in [0.717, 1.165) is 23.0 Å². The van der Waals surface area contributed by atoms with Gasteiger partial charge in [0.1, 0.15) is 0 Å². The van der Waals surface area contributed by atoms with E-state index in [4.69, 9.17) is 4.74 Å². The Balaban J connectivity index is 1.58. The average molecular weight is 358 g/mol. The summed E-state index contributed by atoms with van der Waals surface area (Å²) in [7, 11) is 1.39. The molecule has 1 saturated heterocycles. The number of rotatable bonds is 5. The Morgan fingerprint density at radius 3 is 3.04 bits per heavy atom. The molecule has 0 aromatic carbocycles. The van der Waals surface area contributed by atoms with Gasteiger partial charge in [-0.25, -0.2) is 4.79 Å². The molecule has 1 atom stereocenters. The Morgan fingerprint density at radius 1 is 1.42 bits per heavy atom. The second-order valence-corrected chi connectivity index (χ2v) is 6.44. The van der Waals surface area contributed by atoms with E-state index in [1.807, 2.05) is 12.1 Å². The Bertz CT molecular complexity index is 875. The molecule has 1 amide bonds. The number of nitrogens with zero attached hydrogens (tertiary/aromatic N) is 3. The van der Waals surface area contributed by atoms with Crippen molar-refractivity contribution in [3.8, 4) is 0 Å². The first-order chi connectivity index (χ1) is 12.5. The molecule has 1 aliphatic rings. The number of ether oxygens (including phenoxy) is 1. The average Bonchev–Trinajstić information content (AvgIpc) is 2.68. The van der Waals surface area contributed by atoms with Gasteiger partial charge in [-0.1, -0.05) is 6.07 Å². The smallest absolute Gasteiger partial charge is 0.328 e. The summed E-state index contributed by atoms with van der Waals surface area (Å²) in [5, 5.41) is 0. The maximum Gasteiger partial charge on any atom is 0.328 e. The number of hydrogen-bond donors (Lipinski definition) is 1. The molecule has 0 radical (unpaired) electrons. The molecule has 1 aliphatic heterocycles. The quantitative estimate of drug-likeness (QED) is 0.825. The van der Waals surface area contributed by atoms with Crippen LogP contribution in [0.5, 0.6) is 0 Å². The highest BCUT2D eigenvalue weighted by molar-refractivity contribution is 5.78. The summed E-state index contributed by atoms with van der Waals surface area (Å²) < 4.78 is 6.88. The van der Waals surface area contributed by atoms with E-state index in [1.165, 1.54) is 13.2 Å². The summed E-state index contributed by atoms with van der Waals surface area (Å²) in [6, 6.07) is 3.81. The van der Waals surface area contributed by atoms with Gasteiger partial charge in [-0.3, -0.25) is 19.1 Å². The van der Waals surface area contributed by atoms with Crippen molar-refractivity contribution in [3.63, 3.8) is 0 Å². The Kier molecular flexibility index (Phi) is 5.62. The van der Waals surface area contributed by atoms with Crippen LogP contribution in [-0.2, 0) is 29.6 Å². The van der Waals surface area contributed by atoms with E-state index in [9.17, 15) is 14.4 Å². The van der Waals surface area contributed by atoms with Crippen LogP contribution in [0.1, 0.15) is 24.0 Å². The van der Waals surface area contributed by atoms with Crippen LogP contribution in [0.4, 0.5) is 0 Å². The zero-order valence-corrected chi connectivity index (χ0v) is 14.7. The van der Waals surface area contributed by atoms with Crippen molar-refractivity contribution >= 4 is 5.91 Å². The number of pyridine rings is 1. The van der Waals surface area contributed by atoms with Crippen LogP contribution in [-0.4, -0.2) is 44.5 Å². The third kappa shape index (κ3) is 4.26. The molecular weight excluding hydrogens is 336 g/mol. The second-order valence-electron chi connectivity index (χ2n) is 6.44. The minimum absolute atomic E-state index is 0.0290. The first-order valence-electron chi connectivity index (χ1n) is 8.60. The number of carbonyl (C=O) groups excluding carboxylic acids is 1. The number of nitrogens with one attached hydrogen (secondary N) is 1. The number of hydrogen-bond acceptors (Lipinski definition) is 5. The third-order valence-electron chi connectivity index (χ3n) is 4.53. The number of aromatic nitrogens is 3. The fourth-order valence-electron chi connectivity index (χ4n) is 3.01. The third-order valence-corrected chi connectivity index (χ3v) is 4.53.